The molecule has 59 valence electrons. The molecule has 1 heterocycles. The molecule has 1 aliphatic heterocycles. The molecule has 12 heavy (non-hydrogen) atoms. The van der Waals surface area contributed by atoms with Crippen LogP contribution in [0.1, 0.15) is 12.0 Å². The van der Waals surface area contributed by atoms with Crippen LogP contribution in [0.3, 0.4) is 0 Å². The summed E-state index contributed by atoms with van der Waals surface area (Å²) < 4.78 is 0. The fourth-order valence-corrected chi connectivity index (χ4v) is 1.16. The van der Waals surface area contributed by atoms with Gasteiger partial charge in [-0.2, -0.15) is 0 Å². The van der Waals surface area contributed by atoms with E-state index >= 15 is 0 Å². The highest BCUT2D eigenvalue weighted by Crippen LogP contribution is 2.21. The van der Waals surface area contributed by atoms with Crippen LogP contribution >= 0.6 is 0 Å². The molecule has 1 radical (unpaired) electrons. The van der Waals surface area contributed by atoms with Gasteiger partial charge in [-0.15, -0.1) is 0 Å². The van der Waals surface area contributed by atoms with E-state index in [-0.39, 0.29) is 0 Å². The smallest absolute Gasteiger partial charge is 0.115 e. The number of hydrogen-bond donors (Lipinski definition) is 0. The second-order valence-electron chi connectivity index (χ2n) is 2.57. The zero-order valence-corrected chi connectivity index (χ0v) is 6.64. The van der Waals surface area contributed by atoms with Crippen molar-refractivity contribution in [3.05, 3.63) is 36.2 Å². The van der Waals surface area contributed by atoms with Gasteiger partial charge in [-0.3, -0.25) is 0 Å². The lowest BCUT2D eigenvalue weighted by Gasteiger charge is -2.03. The molecule has 1 aliphatic rings. The summed E-state index contributed by atoms with van der Waals surface area (Å²) in [7, 11) is 0. The molecule has 2 rings (SSSR count). The van der Waals surface area contributed by atoms with Crippen molar-refractivity contribution in [1.82, 2.24) is 0 Å². The van der Waals surface area contributed by atoms with Gasteiger partial charge in [0.05, 0.1) is 5.69 Å². The highest BCUT2D eigenvalue weighted by Gasteiger charge is 1.99. The Labute approximate surface area is 71.7 Å². The Morgan fingerprint density at radius 3 is 3.08 bits per heavy atom. The number of hydrogen-bond acceptors (Lipinski definition) is 2. The van der Waals surface area contributed by atoms with Crippen molar-refractivity contribution in [2.24, 2.45) is 9.98 Å². The molecule has 0 saturated carbocycles. The molecular weight excluding hydrogens is 148 g/mol. The summed E-state index contributed by atoms with van der Waals surface area (Å²) in [6.45, 7) is 0. The molecule has 2 heteroatoms. The third-order valence-electron chi connectivity index (χ3n) is 1.75. The summed E-state index contributed by atoms with van der Waals surface area (Å²) in [4.78, 5) is 8.17. The van der Waals surface area contributed by atoms with E-state index in [2.05, 4.69) is 22.5 Å². The summed E-state index contributed by atoms with van der Waals surface area (Å²) in [5.41, 5.74) is 2.18. The molecule has 0 fully saturated rings. The number of benzene rings is 1. The fourth-order valence-electron chi connectivity index (χ4n) is 1.16. The highest BCUT2D eigenvalue weighted by atomic mass is 14.9. The summed E-state index contributed by atoms with van der Waals surface area (Å²) in [5, 5.41) is 0. The molecule has 0 spiro atoms. The van der Waals surface area contributed by atoms with Crippen molar-refractivity contribution < 1.29 is 0 Å². The Balaban J connectivity index is 2.43. The number of rotatable bonds is 0. The minimum atomic E-state index is 0.878. The van der Waals surface area contributed by atoms with Gasteiger partial charge in [-0.05, 0) is 24.5 Å². The predicted molar refractivity (Wildman–Crippen MR) is 51.1 cm³/mol. The van der Waals surface area contributed by atoms with Gasteiger partial charge in [-0.25, -0.2) is 9.98 Å². The normalized spacial score (nSPS) is 15.0. The van der Waals surface area contributed by atoms with Crippen molar-refractivity contribution in [3.8, 4) is 0 Å². The Morgan fingerprint density at radius 2 is 2.08 bits per heavy atom. The Morgan fingerprint density at radius 1 is 1.17 bits per heavy atom. The second-order valence-corrected chi connectivity index (χ2v) is 2.57. The average Bonchev–Trinajstić information content (AvgIpc) is 2.06. The van der Waals surface area contributed by atoms with Gasteiger partial charge in [0.15, 0.2) is 0 Å². The number of fused-ring (bicyclic) bond motifs is 1. The maximum atomic E-state index is 4.19. The van der Waals surface area contributed by atoms with Crippen molar-refractivity contribution in [1.29, 1.82) is 0 Å². The third kappa shape index (κ3) is 1.42. The zero-order chi connectivity index (χ0) is 8.23. The molecule has 0 saturated heterocycles. The van der Waals surface area contributed by atoms with E-state index in [9.17, 15) is 0 Å². The minimum absolute atomic E-state index is 0.878. The fraction of sp³-hybridized carbons (Fsp3) is 0.100. The Bertz CT molecular complexity index is 326. The van der Waals surface area contributed by atoms with Crippen LogP contribution in [0.4, 0.5) is 5.69 Å². The van der Waals surface area contributed by atoms with Gasteiger partial charge in [0.25, 0.3) is 0 Å². The van der Waals surface area contributed by atoms with Crippen LogP contribution < -0.4 is 0 Å². The summed E-state index contributed by atoms with van der Waals surface area (Å²) >= 11 is 0. The van der Waals surface area contributed by atoms with Crippen LogP contribution in [0.5, 0.6) is 0 Å². The molecule has 0 N–H and O–H groups in total. The first kappa shape index (κ1) is 7.22. The lowest BCUT2D eigenvalue weighted by molar-refractivity contribution is 1.29. The van der Waals surface area contributed by atoms with Crippen molar-refractivity contribution in [3.63, 3.8) is 0 Å². The molecule has 2 nitrogen and oxygen atoms in total. The first-order chi connectivity index (χ1) is 5.97. The van der Waals surface area contributed by atoms with E-state index in [1.165, 1.54) is 5.56 Å². The van der Waals surface area contributed by atoms with Crippen LogP contribution in [0.15, 0.2) is 34.3 Å². The molecule has 0 amide bonds. The van der Waals surface area contributed by atoms with Crippen molar-refractivity contribution >= 4 is 18.2 Å². The molecule has 0 aliphatic carbocycles. The Hall–Kier alpha value is -1.44. The molecule has 0 bridgehead atoms. The van der Waals surface area contributed by atoms with Gasteiger partial charge < -0.3 is 0 Å². The quantitative estimate of drug-likeness (QED) is 0.552. The number of aliphatic imine (C=N–C) groups is 2. The first-order valence-electron chi connectivity index (χ1n) is 3.93. The molecule has 0 unspecified atom stereocenters. The number of nitrogens with zero attached hydrogens (tertiary/aromatic N) is 2. The molecule has 0 atom stereocenters. The van der Waals surface area contributed by atoms with Crippen molar-refractivity contribution in [2.45, 2.75) is 6.42 Å². The van der Waals surface area contributed by atoms with E-state index in [1.807, 2.05) is 24.4 Å². The predicted octanol–water partition coefficient (Wildman–Crippen LogP) is 2.37. The first-order valence-corrected chi connectivity index (χ1v) is 3.93. The van der Waals surface area contributed by atoms with Gasteiger partial charge >= 0.3 is 0 Å². The van der Waals surface area contributed by atoms with E-state index in [4.69, 9.17) is 0 Å². The average molecular weight is 157 g/mol. The van der Waals surface area contributed by atoms with Gasteiger partial charge in [0, 0.05) is 6.21 Å². The van der Waals surface area contributed by atoms with Gasteiger partial charge in [-0.1, -0.05) is 18.2 Å². The lowest BCUT2D eigenvalue weighted by Crippen LogP contribution is -1.87. The van der Waals surface area contributed by atoms with Gasteiger partial charge in [0.2, 0.25) is 0 Å². The van der Waals surface area contributed by atoms with Crippen LogP contribution in [0.25, 0.3) is 0 Å². The van der Waals surface area contributed by atoms with Crippen LogP contribution in [0.2, 0.25) is 0 Å². The summed E-state index contributed by atoms with van der Waals surface area (Å²) in [5.74, 6) is 0. The van der Waals surface area contributed by atoms with Crippen LogP contribution in [-0.2, 0) is 0 Å². The lowest BCUT2D eigenvalue weighted by atomic mass is 10.1. The van der Waals surface area contributed by atoms with Gasteiger partial charge in [0.1, 0.15) is 6.34 Å². The van der Waals surface area contributed by atoms with Crippen molar-refractivity contribution in [2.75, 3.05) is 0 Å². The largest absolute Gasteiger partial charge is 0.249 e. The standard InChI is InChI=1S/C10H9N2/c1-2-6-10-9(4-1)5-3-7-11-8-12-10/h1-2,4-8H,3H2. The van der Waals surface area contributed by atoms with E-state index < -0.39 is 0 Å². The minimum Gasteiger partial charge on any atom is -0.249 e. The maximum Gasteiger partial charge on any atom is 0.115 e. The topological polar surface area (TPSA) is 24.7 Å². The maximum absolute atomic E-state index is 4.19. The monoisotopic (exact) mass is 157 g/mol. The SMILES string of the molecule is [CH]1CC=NC=Nc2ccccc21. The van der Waals surface area contributed by atoms with E-state index in [1.54, 1.807) is 6.34 Å². The van der Waals surface area contributed by atoms with Crippen LogP contribution in [-0.4, -0.2) is 12.6 Å². The third-order valence-corrected chi connectivity index (χ3v) is 1.75. The van der Waals surface area contributed by atoms with Crippen LogP contribution in [0, 0.1) is 6.42 Å². The summed E-state index contributed by atoms with van der Waals surface area (Å²) in [6, 6.07) is 8.05. The highest BCUT2D eigenvalue weighted by molar-refractivity contribution is 5.77. The van der Waals surface area contributed by atoms with E-state index in [0.717, 1.165) is 12.1 Å². The summed E-state index contributed by atoms with van der Waals surface area (Å²) in [6.07, 6.45) is 6.43. The van der Waals surface area contributed by atoms with E-state index in [0.29, 0.717) is 0 Å². The zero-order valence-electron chi connectivity index (χ0n) is 6.64. The molecule has 0 aromatic heterocycles. The molecular formula is C10H9N2. The number of para-hydroxylation sites is 1. The molecule has 1 aromatic carbocycles. The Kier molecular flexibility index (Phi) is 1.99. The molecule has 1 aromatic rings. The second kappa shape index (κ2) is 3.30.